The zero-order chi connectivity index (χ0) is 15.6. The molecule has 116 valence electrons. The van der Waals surface area contributed by atoms with Crippen molar-refractivity contribution in [1.29, 1.82) is 0 Å². The first-order valence-corrected chi connectivity index (χ1v) is 7.69. The number of anilines is 1. The van der Waals surface area contributed by atoms with Gasteiger partial charge in [0.05, 0.1) is 0 Å². The Balaban J connectivity index is 1.77. The molecule has 0 unspecified atom stereocenters. The highest BCUT2D eigenvalue weighted by atomic mass is 16.1. The third-order valence-electron chi connectivity index (χ3n) is 3.28. The number of hydrogen-bond acceptors (Lipinski definition) is 4. The van der Waals surface area contributed by atoms with Gasteiger partial charge in [-0.25, -0.2) is 0 Å². The Morgan fingerprint density at radius 3 is 2.55 bits per heavy atom. The van der Waals surface area contributed by atoms with E-state index in [1.165, 1.54) is 5.56 Å². The monoisotopic (exact) mass is 298 g/mol. The second kappa shape index (κ2) is 8.77. The molecule has 2 N–H and O–H groups in total. The van der Waals surface area contributed by atoms with Crippen molar-refractivity contribution in [3.63, 3.8) is 0 Å². The zero-order valence-corrected chi connectivity index (χ0v) is 12.9. The molecule has 0 fully saturated rings. The minimum absolute atomic E-state index is 0.191. The van der Waals surface area contributed by atoms with E-state index in [-0.39, 0.29) is 5.91 Å². The first kappa shape index (κ1) is 15.9. The summed E-state index contributed by atoms with van der Waals surface area (Å²) in [5.41, 5.74) is 1.54. The second-order valence-corrected chi connectivity index (χ2v) is 5.08. The lowest BCUT2D eigenvalue weighted by Gasteiger charge is -2.06. The number of rotatable bonds is 8. The van der Waals surface area contributed by atoms with Crippen molar-refractivity contribution in [2.24, 2.45) is 0 Å². The van der Waals surface area contributed by atoms with Crippen LogP contribution in [-0.2, 0) is 6.42 Å². The molecule has 2 aromatic rings. The molecule has 2 rings (SSSR count). The molecule has 0 radical (unpaired) electrons. The maximum atomic E-state index is 12.0. The third kappa shape index (κ3) is 5.16. The predicted molar refractivity (Wildman–Crippen MR) is 87.9 cm³/mol. The molecule has 0 bridgehead atoms. The number of carbonyl (C=O) groups is 1. The highest BCUT2D eigenvalue weighted by molar-refractivity contribution is 5.92. The van der Waals surface area contributed by atoms with Gasteiger partial charge in [-0.2, -0.15) is 0 Å². The smallest absolute Gasteiger partial charge is 0.271 e. The van der Waals surface area contributed by atoms with Crippen molar-refractivity contribution in [1.82, 2.24) is 15.5 Å². The first-order chi connectivity index (χ1) is 10.8. The largest absolute Gasteiger partial charge is 0.369 e. The lowest BCUT2D eigenvalue weighted by atomic mass is 10.1. The summed E-state index contributed by atoms with van der Waals surface area (Å²) in [6.07, 6.45) is 3.02. The molecule has 1 heterocycles. The number of nitrogens with one attached hydrogen (secondary N) is 2. The summed E-state index contributed by atoms with van der Waals surface area (Å²) >= 11 is 0. The van der Waals surface area contributed by atoms with Gasteiger partial charge in [0.2, 0.25) is 0 Å². The van der Waals surface area contributed by atoms with Crippen LogP contribution in [-0.4, -0.2) is 29.2 Å². The Hall–Kier alpha value is -2.43. The minimum atomic E-state index is -0.191. The summed E-state index contributed by atoms with van der Waals surface area (Å²) < 4.78 is 0. The Morgan fingerprint density at radius 2 is 1.86 bits per heavy atom. The molecular weight excluding hydrogens is 276 g/mol. The molecule has 0 spiro atoms. The van der Waals surface area contributed by atoms with Gasteiger partial charge in [0.25, 0.3) is 5.91 Å². The van der Waals surface area contributed by atoms with Gasteiger partial charge in [-0.15, -0.1) is 10.2 Å². The highest BCUT2D eigenvalue weighted by Gasteiger charge is 2.07. The molecule has 5 heteroatoms. The molecule has 1 aromatic carbocycles. The van der Waals surface area contributed by atoms with Crippen LogP contribution in [0.2, 0.25) is 0 Å². The number of unbranched alkanes of at least 4 members (excludes halogenated alkanes) is 1. The fourth-order valence-corrected chi connectivity index (χ4v) is 2.00. The summed E-state index contributed by atoms with van der Waals surface area (Å²) in [5.74, 6) is 0.512. The number of carbonyl (C=O) groups excluding carboxylic acids is 1. The normalized spacial score (nSPS) is 10.2. The van der Waals surface area contributed by atoms with Crippen molar-refractivity contribution in [2.45, 2.75) is 26.2 Å². The van der Waals surface area contributed by atoms with Crippen LogP contribution in [0.4, 0.5) is 5.82 Å². The van der Waals surface area contributed by atoms with E-state index in [4.69, 9.17) is 0 Å². The van der Waals surface area contributed by atoms with Crippen molar-refractivity contribution < 1.29 is 4.79 Å². The number of nitrogens with zero attached hydrogens (tertiary/aromatic N) is 2. The number of hydrogen-bond donors (Lipinski definition) is 2. The SMILES string of the molecule is CCCCNc1ccc(C(=O)NCCc2ccccc2)nn1. The summed E-state index contributed by atoms with van der Waals surface area (Å²) in [6.45, 7) is 3.59. The molecule has 0 aliphatic rings. The van der Waals surface area contributed by atoms with Crippen LogP contribution in [0.1, 0.15) is 35.8 Å². The zero-order valence-electron chi connectivity index (χ0n) is 12.9. The lowest BCUT2D eigenvalue weighted by molar-refractivity contribution is 0.0948. The Morgan fingerprint density at radius 1 is 1.05 bits per heavy atom. The van der Waals surface area contributed by atoms with Crippen molar-refractivity contribution in [3.05, 3.63) is 53.7 Å². The molecule has 0 saturated carbocycles. The van der Waals surface area contributed by atoms with Gasteiger partial charge >= 0.3 is 0 Å². The van der Waals surface area contributed by atoms with Gasteiger partial charge < -0.3 is 10.6 Å². The molecule has 22 heavy (non-hydrogen) atoms. The van der Waals surface area contributed by atoms with Gasteiger partial charge in [0.15, 0.2) is 5.69 Å². The van der Waals surface area contributed by atoms with Crippen LogP contribution in [0.5, 0.6) is 0 Å². The van der Waals surface area contributed by atoms with Gasteiger partial charge in [-0.1, -0.05) is 43.7 Å². The Labute approximate surface area is 131 Å². The predicted octanol–water partition coefficient (Wildman–Crippen LogP) is 2.66. The van der Waals surface area contributed by atoms with Crippen LogP contribution < -0.4 is 10.6 Å². The Kier molecular flexibility index (Phi) is 6.36. The summed E-state index contributed by atoms with van der Waals surface area (Å²) in [7, 11) is 0. The third-order valence-corrected chi connectivity index (χ3v) is 3.28. The van der Waals surface area contributed by atoms with E-state index in [0.29, 0.717) is 18.1 Å². The molecule has 0 saturated heterocycles. The van der Waals surface area contributed by atoms with Gasteiger partial charge in [0.1, 0.15) is 5.82 Å². The van der Waals surface area contributed by atoms with Gasteiger partial charge in [-0.3, -0.25) is 4.79 Å². The van der Waals surface area contributed by atoms with E-state index in [1.54, 1.807) is 12.1 Å². The average molecular weight is 298 g/mol. The number of benzene rings is 1. The van der Waals surface area contributed by atoms with Crippen LogP contribution >= 0.6 is 0 Å². The standard InChI is InChI=1S/C17H22N4O/c1-2-3-12-18-16-10-9-15(20-21-16)17(22)19-13-11-14-7-5-4-6-8-14/h4-10H,2-3,11-13H2,1H3,(H,18,21)(H,19,22). The minimum Gasteiger partial charge on any atom is -0.369 e. The fourth-order valence-electron chi connectivity index (χ4n) is 2.00. The van der Waals surface area contributed by atoms with Crippen molar-refractivity contribution in [2.75, 3.05) is 18.4 Å². The van der Waals surface area contributed by atoms with Gasteiger partial charge in [-0.05, 0) is 30.5 Å². The summed E-state index contributed by atoms with van der Waals surface area (Å²) in [5, 5.41) is 14.0. The molecule has 1 aromatic heterocycles. The molecular formula is C17H22N4O. The Bertz CT molecular complexity index is 569. The first-order valence-electron chi connectivity index (χ1n) is 7.69. The maximum Gasteiger partial charge on any atom is 0.271 e. The topological polar surface area (TPSA) is 66.9 Å². The van der Waals surface area contributed by atoms with E-state index in [2.05, 4.69) is 27.8 Å². The van der Waals surface area contributed by atoms with E-state index in [0.717, 1.165) is 25.8 Å². The number of amides is 1. The van der Waals surface area contributed by atoms with Crippen LogP contribution in [0.25, 0.3) is 0 Å². The quantitative estimate of drug-likeness (QED) is 0.735. The molecule has 1 amide bonds. The molecule has 0 aliphatic carbocycles. The highest BCUT2D eigenvalue weighted by Crippen LogP contribution is 2.03. The molecule has 5 nitrogen and oxygen atoms in total. The van der Waals surface area contributed by atoms with E-state index in [9.17, 15) is 4.79 Å². The summed E-state index contributed by atoms with van der Waals surface area (Å²) in [4.78, 5) is 12.0. The maximum absolute atomic E-state index is 12.0. The van der Waals surface area contributed by atoms with E-state index >= 15 is 0 Å². The molecule has 0 atom stereocenters. The van der Waals surface area contributed by atoms with Crippen LogP contribution in [0.3, 0.4) is 0 Å². The van der Waals surface area contributed by atoms with Crippen LogP contribution in [0, 0.1) is 0 Å². The molecule has 0 aliphatic heterocycles. The van der Waals surface area contributed by atoms with Crippen LogP contribution in [0.15, 0.2) is 42.5 Å². The van der Waals surface area contributed by atoms with Crippen molar-refractivity contribution >= 4 is 11.7 Å². The average Bonchev–Trinajstić information content (AvgIpc) is 2.56. The lowest BCUT2D eigenvalue weighted by Crippen LogP contribution is -2.26. The van der Waals surface area contributed by atoms with E-state index < -0.39 is 0 Å². The van der Waals surface area contributed by atoms with Gasteiger partial charge in [0, 0.05) is 13.1 Å². The fraction of sp³-hybridized carbons (Fsp3) is 0.353. The van der Waals surface area contributed by atoms with Crippen molar-refractivity contribution in [3.8, 4) is 0 Å². The van der Waals surface area contributed by atoms with E-state index in [1.807, 2.05) is 30.3 Å². The number of aromatic nitrogens is 2. The summed E-state index contributed by atoms with van der Waals surface area (Å²) in [6, 6.07) is 13.5. The second-order valence-electron chi connectivity index (χ2n) is 5.08.